The lowest BCUT2D eigenvalue weighted by Gasteiger charge is -2.11. The van der Waals surface area contributed by atoms with E-state index in [1.54, 1.807) is 24.8 Å². The molecule has 0 radical (unpaired) electrons. The molecule has 5 heterocycles. The van der Waals surface area contributed by atoms with Crippen LogP contribution in [0.15, 0.2) is 146 Å². The molecule has 0 aliphatic carbocycles. The maximum absolute atomic E-state index is 5.13. The van der Waals surface area contributed by atoms with E-state index in [2.05, 4.69) is 112 Å². The molecule has 0 saturated heterocycles. The van der Waals surface area contributed by atoms with Gasteiger partial charge in [-0.3, -0.25) is 14.5 Å². The maximum Gasteiger partial charge on any atom is 0.238 e. The first-order valence-electron chi connectivity index (χ1n) is 15.0. The summed E-state index contributed by atoms with van der Waals surface area (Å²) in [5, 5.41) is 3.59. The van der Waals surface area contributed by atoms with E-state index in [0.29, 0.717) is 17.6 Å². The fourth-order valence-electron chi connectivity index (χ4n) is 6.09. The van der Waals surface area contributed by atoms with Crippen molar-refractivity contribution in [1.82, 2.24) is 29.5 Å². The van der Waals surface area contributed by atoms with Crippen LogP contribution in [0.25, 0.3) is 82.2 Å². The number of thiophene rings is 1. The summed E-state index contributed by atoms with van der Waals surface area (Å²) in [6.45, 7) is 0. The third-order valence-corrected chi connectivity index (χ3v) is 9.51. The summed E-state index contributed by atoms with van der Waals surface area (Å²) < 4.78 is 3.43. The molecule has 0 bridgehead atoms. The highest BCUT2D eigenvalue weighted by molar-refractivity contribution is 7.23. The third-order valence-electron chi connectivity index (χ3n) is 8.30. The lowest BCUT2D eigenvalue weighted by atomic mass is 10.0. The number of para-hydroxylation sites is 1. The Balaban J connectivity index is 1.27. The van der Waals surface area contributed by atoms with Gasteiger partial charge >= 0.3 is 0 Å². The summed E-state index contributed by atoms with van der Waals surface area (Å²) in [5.41, 5.74) is 7.32. The van der Waals surface area contributed by atoms with Crippen molar-refractivity contribution in [3.63, 3.8) is 0 Å². The van der Waals surface area contributed by atoms with Crippen molar-refractivity contribution in [2.24, 2.45) is 0 Å². The molecule has 4 aromatic carbocycles. The van der Waals surface area contributed by atoms with Crippen LogP contribution in [0.2, 0.25) is 0 Å². The first-order valence-corrected chi connectivity index (χ1v) is 15.8. The van der Waals surface area contributed by atoms with Gasteiger partial charge in [-0.25, -0.2) is 4.98 Å². The lowest BCUT2D eigenvalue weighted by Crippen LogP contribution is -2.06. The van der Waals surface area contributed by atoms with E-state index in [4.69, 9.17) is 15.0 Å². The van der Waals surface area contributed by atoms with Crippen LogP contribution in [-0.2, 0) is 0 Å². The minimum atomic E-state index is 0.570. The Labute approximate surface area is 268 Å². The number of fused-ring (bicyclic) bond motifs is 5. The highest BCUT2D eigenvalue weighted by Gasteiger charge is 2.20. The molecule has 0 fully saturated rings. The fraction of sp³-hybridized carbons (Fsp3) is 0. The summed E-state index contributed by atoms with van der Waals surface area (Å²) in [5.74, 6) is 1.77. The second-order valence-corrected chi connectivity index (χ2v) is 12.1. The van der Waals surface area contributed by atoms with Crippen LogP contribution in [0.5, 0.6) is 0 Å². The summed E-state index contributed by atoms with van der Waals surface area (Å²) in [6.07, 6.45) is 7.14. The van der Waals surface area contributed by atoms with Crippen molar-refractivity contribution < 1.29 is 0 Å². The van der Waals surface area contributed by atoms with Crippen LogP contribution in [0.4, 0.5) is 0 Å². The SMILES string of the molecule is c1ccc(-c2cc3ccc4c(c5ccccc5n4-c4nc(-c5ccncc5)nc(-c5ccc(-c6ccncc6)cc5)n4)c3s2)cc1. The number of hydrogen-bond acceptors (Lipinski definition) is 6. The molecule has 0 saturated carbocycles. The Morgan fingerprint density at radius 1 is 0.478 bits per heavy atom. The van der Waals surface area contributed by atoms with Crippen LogP contribution < -0.4 is 0 Å². The van der Waals surface area contributed by atoms with Gasteiger partial charge in [0.15, 0.2) is 11.6 Å². The standard InChI is InChI=1S/C39H24N6S/c1-2-6-27(7-3-1)34-24-30-14-15-33-35(36(30)46-34)31-8-4-5-9-32(31)45(33)39-43-37(42-38(44-39)29-18-22-41-23-19-29)28-12-10-25(11-13-28)26-16-20-40-21-17-26/h1-24H. The van der Waals surface area contributed by atoms with Crippen molar-refractivity contribution in [3.8, 4) is 50.3 Å². The van der Waals surface area contributed by atoms with Gasteiger partial charge in [0.1, 0.15) is 0 Å². The minimum absolute atomic E-state index is 0.570. The minimum Gasteiger partial charge on any atom is -0.278 e. The molecule has 7 heteroatoms. The zero-order valence-corrected chi connectivity index (χ0v) is 25.3. The number of benzene rings is 4. The van der Waals surface area contributed by atoms with E-state index in [-0.39, 0.29) is 0 Å². The molecule has 9 aromatic rings. The average molecular weight is 609 g/mol. The van der Waals surface area contributed by atoms with Gasteiger partial charge < -0.3 is 0 Å². The number of aromatic nitrogens is 6. The van der Waals surface area contributed by atoms with Crippen molar-refractivity contribution in [2.45, 2.75) is 0 Å². The van der Waals surface area contributed by atoms with E-state index in [1.165, 1.54) is 31.3 Å². The maximum atomic E-state index is 5.13. The van der Waals surface area contributed by atoms with Gasteiger partial charge in [-0.2, -0.15) is 9.97 Å². The highest BCUT2D eigenvalue weighted by Crippen LogP contribution is 2.42. The Morgan fingerprint density at radius 2 is 1.09 bits per heavy atom. The van der Waals surface area contributed by atoms with Gasteiger partial charge in [-0.1, -0.05) is 78.9 Å². The van der Waals surface area contributed by atoms with Gasteiger partial charge in [0, 0.05) is 56.3 Å². The van der Waals surface area contributed by atoms with E-state index < -0.39 is 0 Å². The Kier molecular flexibility index (Phi) is 6.21. The monoisotopic (exact) mass is 608 g/mol. The van der Waals surface area contributed by atoms with Gasteiger partial charge in [-0.05, 0) is 64.5 Å². The molecule has 0 atom stereocenters. The van der Waals surface area contributed by atoms with E-state index >= 15 is 0 Å². The number of rotatable bonds is 5. The number of pyridine rings is 2. The molecule has 0 unspecified atom stereocenters. The second-order valence-electron chi connectivity index (χ2n) is 11.0. The molecule has 5 aromatic heterocycles. The van der Waals surface area contributed by atoms with Crippen LogP contribution in [0, 0.1) is 0 Å². The van der Waals surface area contributed by atoms with Gasteiger partial charge in [-0.15, -0.1) is 11.3 Å². The topological polar surface area (TPSA) is 69.4 Å². The predicted octanol–water partition coefficient (Wildman–Crippen LogP) is 9.64. The van der Waals surface area contributed by atoms with Gasteiger partial charge in [0.25, 0.3) is 0 Å². The summed E-state index contributed by atoms with van der Waals surface area (Å²) in [4.78, 5) is 24.8. The summed E-state index contributed by atoms with van der Waals surface area (Å²) >= 11 is 1.83. The van der Waals surface area contributed by atoms with E-state index in [1.807, 2.05) is 35.6 Å². The largest absolute Gasteiger partial charge is 0.278 e. The quantitative estimate of drug-likeness (QED) is 0.195. The smallest absolute Gasteiger partial charge is 0.238 e. The number of hydrogen-bond donors (Lipinski definition) is 0. The highest BCUT2D eigenvalue weighted by atomic mass is 32.1. The Morgan fingerprint density at radius 3 is 1.83 bits per heavy atom. The molecular formula is C39H24N6S. The zero-order chi connectivity index (χ0) is 30.5. The Hall–Kier alpha value is -6.05. The first kappa shape index (κ1) is 26.4. The lowest BCUT2D eigenvalue weighted by molar-refractivity contribution is 0.953. The molecule has 0 spiro atoms. The molecule has 0 aliphatic heterocycles. The van der Waals surface area contributed by atoms with Crippen LogP contribution >= 0.6 is 11.3 Å². The van der Waals surface area contributed by atoms with Gasteiger partial charge in [0.05, 0.1) is 11.0 Å². The zero-order valence-electron chi connectivity index (χ0n) is 24.4. The predicted molar refractivity (Wildman–Crippen MR) is 187 cm³/mol. The average Bonchev–Trinajstić information content (AvgIpc) is 3.72. The van der Waals surface area contributed by atoms with Crippen LogP contribution in [-0.4, -0.2) is 29.5 Å². The molecule has 216 valence electrons. The molecule has 6 nitrogen and oxygen atoms in total. The molecule has 0 N–H and O–H groups in total. The summed E-state index contributed by atoms with van der Waals surface area (Å²) in [7, 11) is 0. The third kappa shape index (κ3) is 4.45. The Bertz CT molecular complexity index is 2510. The molecular weight excluding hydrogens is 585 g/mol. The summed E-state index contributed by atoms with van der Waals surface area (Å²) in [6, 6.07) is 42.0. The number of nitrogens with zero attached hydrogens (tertiary/aromatic N) is 6. The molecule has 0 amide bonds. The van der Waals surface area contributed by atoms with E-state index in [9.17, 15) is 0 Å². The second kappa shape index (κ2) is 10.8. The van der Waals surface area contributed by atoms with Crippen molar-refractivity contribution in [3.05, 3.63) is 146 Å². The molecule has 46 heavy (non-hydrogen) atoms. The molecule has 0 aliphatic rings. The fourth-order valence-corrected chi connectivity index (χ4v) is 7.31. The normalized spacial score (nSPS) is 11.5. The van der Waals surface area contributed by atoms with Crippen LogP contribution in [0.3, 0.4) is 0 Å². The van der Waals surface area contributed by atoms with Crippen molar-refractivity contribution in [1.29, 1.82) is 0 Å². The molecule has 9 rings (SSSR count). The first-order chi connectivity index (χ1) is 22.8. The van der Waals surface area contributed by atoms with E-state index in [0.717, 1.165) is 33.3 Å². The van der Waals surface area contributed by atoms with Crippen LogP contribution in [0.1, 0.15) is 0 Å². The van der Waals surface area contributed by atoms with Crippen molar-refractivity contribution in [2.75, 3.05) is 0 Å². The van der Waals surface area contributed by atoms with Crippen molar-refractivity contribution >= 4 is 43.2 Å². The van der Waals surface area contributed by atoms with Gasteiger partial charge in [0.2, 0.25) is 5.95 Å².